The molecule has 128 valence electrons. The Labute approximate surface area is 128 Å². The van der Waals surface area contributed by atoms with Gasteiger partial charge in [-0.2, -0.15) is 26.3 Å². The van der Waals surface area contributed by atoms with Crippen molar-refractivity contribution in [3.63, 3.8) is 0 Å². The van der Waals surface area contributed by atoms with Gasteiger partial charge in [-0.1, -0.05) is 0 Å². The van der Waals surface area contributed by atoms with Gasteiger partial charge in [-0.3, -0.25) is 4.79 Å². The quantitative estimate of drug-likeness (QED) is 0.831. The molecular formula is C14H14F6N2O. The lowest BCUT2D eigenvalue weighted by Crippen LogP contribution is -2.40. The summed E-state index contributed by atoms with van der Waals surface area (Å²) in [5.41, 5.74) is -3.04. The van der Waals surface area contributed by atoms with Gasteiger partial charge < -0.3 is 10.6 Å². The highest BCUT2D eigenvalue weighted by atomic mass is 19.4. The Morgan fingerprint density at radius 1 is 1.09 bits per heavy atom. The van der Waals surface area contributed by atoms with Crippen molar-refractivity contribution < 1.29 is 31.1 Å². The van der Waals surface area contributed by atoms with E-state index < -0.39 is 42.0 Å². The topological polar surface area (TPSA) is 41.1 Å². The highest BCUT2D eigenvalue weighted by Crippen LogP contribution is 2.36. The van der Waals surface area contributed by atoms with Gasteiger partial charge in [0.25, 0.3) is 0 Å². The lowest BCUT2D eigenvalue weighted by Gasteiger charge is -2.15. The SMILES string of the molecule is O=C(NCc1cc(C(F)(F)F)cc(C(F)(F)F)c1)C1CCCN1. The standard InChI is InChI=1S/C14H14F6N2O/c15-13(16,17)9-4-8(5-10(6-9)14(18,19)20)7-22-12(23)11-2-1-3-21-11/h4-6,11,21H,1-3,7H2,(H,22,23). The van der Waals surface area contributed by atoms with Crippen LogP contribution in [0.4, 0.5) is 26.3 Å². The number of hydrogen-bond acceptors (Lipinski definition) is 2. The Kier molecular flexibility index (Phi) is 4.88. The fraction of sp³-hybridized carbons (Fsp3) is 0.500. The molecule has 0 aromatic heterocycles. The first-order valence-corrected chi connectivity index (χ1v) is 6.87. The second-order valence-electron chi connectivity index (χ2n) is 5.28. The number of amides is 1. The summed E-state index contributed by atoms with van der Waals surface area (Å²) < 4.78 is 76.3. The molecule has 1 saturated heterocycles. The molecule has 1 aliphatic rings. The Hall–Kier alpha value is -1.77. The molecule has 9 heteroatoms. The molecule has 0 aliphatic carbocycles. The Bertz CT molecular complexity index is 543. The third-order valence-corrected chi connectivity index (χ3v) is 3.49. The van der Waals surface area contributed by atoms with Crippen LogP contribution in [0, 0.1) is 0 Å². The highest BCUT2D eigenvalue weighted by molar-refractivity contribution is 5.81. The van der Waals surface area contributed by atoms with Crippen molar-refractivity contribution in [2.45, 2.75) is 37.8 Å². The molecule has 2 rings (SSSR count). The Morgan fingerprint density at radius 2 is 1.65 bits per heavy atom. The van der Waals surface area contributed by atoms with Crippen LogP contribution in [0.2, 0.25) is 0 Å². The van der Waals surface area contributed by atoms with Crippen LogP contribution in [-0.2, 0) is 23.7 Å². The summed E-state index contributed by atoms with van der Waals surface area (Å²) in [6.07, 6.45) is -8.41. The van der Waals surface area contributed by atoms with Crippen LogP contribution in [0.3, 0.4) is 0 Å². The van der Waals surface area contributed by atoms with Crippen LogP contribution >= 0.6 is 0 Å². The summed E-state index contributed by atoms with van der Waals surface area (Å²) in [4.78, 5) is 11.8. The minimum atomic E-state index is -4.90. The molecule has 0 radical (unpaired) electrons. The summed E-state index contributed by atoms with van der Waals surface area (Å²) >= 11 is 0. The normalized spacial score (nSPS) is 19.0. The molecule has 23 heavy (non-hydrogen) atoms. The predicted molar refractivity (Wildman–Crippen MR) is 69.3 cm³/mol. The van der Waals surface area contributed by atoms with Crippen molar-refractivity contribution in [1.82, 2.24) is 10.6 Å². The molecule has 1 aromatic carbocycles. The number of carbonyl (C=O) groups is 1. The van der Waals surface area contributed by atoms with E-state index in [1.165, 1.54) is 0 Å². The highest BCUT2D eigenvalue weighted by Gasteiger charge is 2.36. The van der Waals surface area contributed by atoms with E-state index >= 15 is 0 Å². The molecule has 1 fully saturated rings. The van der Waals surface area contributed by atoms with Gasteiger partial charge in [0, 0.05) is 6.54 Å². The first-order valence-electron chi connectivity index (χ1n) is 6.87. The zero-order valence-corrected chi connectivity index (χ0v) is 11.8. The van der Waals surface area contributed by atoms with E-state index in [0.717, 1.165) is 6.42 Å². The molecule has 2 N–H and O–H groups in total. The molecule has 3 nitrogen and oxygen atoms in total. The van der Waals surface area contributed by atoms with Gasteiger partial charge in [0.2, 0.25) is 5.91 Å². The smallest absolute Gasteiger partial charge is 0.351 e. The molecule has 1 atom stereocenters. The number of nitrogens with one attached hydrogen (secondary N) is 2. The maximum Gasteiger partial charge on any atom is 0.416 e. The van der Waals surface area contributed by atoms with E-state index in [1.807, 2.05) is 0 Å². The lowest BCUT2D eigenvalue weighted by molar-refractivity contribution is -0.143. The van der Waals surface area contributed by atoms with E-state index in [2.05, 4.69) is 10.6 Å². The number of hydrogen-bond donors (Lipinski definition) is 2. The minimum absolute atomic E-state index is 0.0594. The van der Waals surface area contributed by atoms with Crippen molar-refractivity contribution in [2.75, 3.05) is 6.54 Å². The van der Waals surface area contributed by atoms with Crippen LogP contribution in [0.5, 0.6) is 0 Å². The van der Waals surface area contributed by atoms with E-state index in [0.29, 0.717) is 25.1 Å². The van der Waals surface area contributed by atoms with E-state index in [1.54, 1.807) is 0 Å². The first-order chi connectivity index (χ1) is 10.6. The lowest BCUT2D eigenvalue weighted by atomic mass is 10.0. The monoisotopic (exact) mass is 340 g/mol. The third-order valence-electron chi connectivity index (χ3n) is 3.49. The van der Waals surface area contributed by atoms with Crippen molar-refractivity contribution in [2.24, 2.45) is 0 Å². The van der Waals surface area contributed by atoms with E-state index in [-0.39, 0.29) is 11.6 Å². The molecule has 1 aromatic rings. The largest absolute Gasteiger partial charge is 0.416 e. The fourth-order valence-corrected chi connectivity index (χ4v) is 2.34. The number of alkyl halides is 6. The van der Waals surface area contributed by atoms with Gasteiger partial charge in [-0.05, 0) is 43.1 Å². The van der Waals surface area contributed by atoms with Crippen LogP contribution in [0.25, 0.3) is 0 Å². The zero-order chi connectivity index (χ0) is 17.3. The predicted octanol–water partition coefficient (Wildman–Crippen LogP) is 3.09. The average Bonchev–Trinajstić information content (AvgIpc) is 2.96. The molecule has 0 saturated carbocycles. The summed E-state index contributed by atoms with van der Waals surface area (Å²) in [6.45, 7) is 0.254. The van der Waals surface area contributed by atoms with Crippen molar-refractivity contribution in [3.8, 4) is 0 Å². The van der Waals surface area contributed by atoms with E-state index in [9.17, 15) is 31.1 Å². The Morgan fingerprint density at radius 3 is 2.09 bits per heavy atom. The van der Waals surface area contributed by atoms with Crippen LogP contribution in [0.15, 0.2) is 18.2 Å². The number of rotatable bonds is 3. The fourth-order valence-electron chi connectivity index (χ4n) is 2.34. The Balaban J connectivity index is 2.18. The maximum absolute atomic E-state index is 12.7. The van der Waals surface area contributed by atoms with Crippen LogP contribution in [-0.4, -0.2) is 18.5 Å². The molecule has 1 heterocycles. The van der Waals surface area contributed by atoms with Crippen molar-refractivity contribution >= 4 is 5.91 Å². The number of carbonyl (C=O) groups excluding carboxylic acids is 1. The van der Waals surface area contributed by atoms with Gasteiger partial charge in [0.1, 0.15) is 0 Å². The van der Waals surface area contributed by atoms with Gasteiger partial charge in [-0.15, -0.1) is 0 Å². The van der Waals surface area contributed by atoms with Crippen molar-refractivity contribution in [3.05, 3.63) is 34.9 Å². The summed E-state index contributed by atoms with van der Waals surface area (Å²) in [5, 5.41) is 5.25. The zero-order valence-electron chi connectivity index (χ0n) is 11.8. The van der Waals surface area contributed by atoms with E-state index in [4.69, 9.17) is 0 Å². The molecular weight excluding hydrogens is 326 g/mol. The molecule has 1 aliphatic heterocycles. The summed E-state index contributed by atoms with van der Waals surface area (Å²) in [5.74, 6) is -0.437. The molecule has 0 bridgehead atoms. The average molecular weight is 340 g/mol. The summed E-state index contributed by atoms with van der Waals surface area (Å²) in [6, 6.07) is 0.821. The van der Waals surface area contributed by atoms with Gasteiger partial charge in [-0.25, -0.2) is 0 Å². The third kappa shape index (κ3) is 4.60. The van der Waals surface area contributed by atoms with Crippen LogP contribution < -0.4 is 10.6 Å². The van der Waals surface area contributed by atoms with Crippen molar-refractivity contribution in [1.29, 1.82) is 0 Å². The van der Waals surface area contributed by atoms with Crippen LogP contribution in [0.1, 0.15) is 29.5 Å². The molecule has 1 amide bonds. The number of halogens is 6. The first kappa shape index (κ1) is 17.6. The second-order valence-corrected chi connectivity index (χ2v) is 5.28. The van der Waals surface area contributed by atoms with Gasteiger partial charge in [0.15, 0.2) is 0 Å². The van der Waals surface area contributed by atoms with Gasteiger partial charge >= 0.3 is 12.4 Å². The molecule has 1 unspecified atom stereocenters. The van der Waals surface area contributed by atoms with Gasteiger partial charge in [0.05, 0.1) is 17.2 Å². The summed E-state index contributed by atoms with van der Waals surface area (Å²) in [7, 11) is 0. The number of benzene rings is 1. The minimum Gasteiger partial charge on any atom is -0.351 e. The maximum atomic E-state index is 12.7. The molecule has 0 spiro atoms. The second kappa shape index (κ2) is 6.38.